The number of hydrogen-bond acceptors (Lipinski definition) is 4. The van der Waals surface area contributed by atoms with Crippen molar-refractivity contribution in [2.45, 2.75) is 44.4 Å². The number of aliphatic carboxylic acids is 1. The van der Waals surface area contributed by atoms with Gasteiger partial charge in [-0.15, -0.1) is 0 Å². The van der Waals surface area contributed by atoms with Crippen molar-refractivity contribution in [2.24, 2.45) is 5.92 Å². The molecule has 0 bridgehead atoms. The molecule has 0 saturated heterocycles. The first-order chi connectivity index (χ1) is 15.6. The van der Waals surface area contributed by atoms with Gasteiger partial charge in [0.25, 0.3) is 0 Å². The number of benzene rings is 1. The molecule has 1 saturated carbocycles. The van der Waals surface area contributed by atoms with Gasteiger partial charge in [0, 0.05) is 31.8 Å². The number of hydrogen-bond donors (Lipinski definition) is 1. The second-order valence-electron chi connectivity index (χ2n) is 8.21. The lowest BCUT2D eigenvalue weighted by atomic mass is 9.98. The van der Waals surface area contributed by atoms with Crippen molar-refractivity contribution < 1.29 is 37.0 Å². The predicted octanol–water partition coefficient (Wildman–Crippen LogP) is 3.38. The van der Waals surface area contributed by atoms with Crippen molar-refractivity contribution in [3.8, 4) is 0 Å². The van der Waals surface area contributed by atoms with Crippen LogP contribution in [0.2, 0.25) is 0 Å². The van der Waals surface area contributed by atoms with Gasteiger partial charge in [-0.2, -0.15) is 13.2 Å². The van der Waals surface area contributed by atoms with Gasteiger partial charge in [-0.25, -0.2) is 14.2 Å². The summed E-state index contributed by atoms with van der Waals surface area (Å²) in [5, 5.41) is 7.12. The van der Waals surface area contributed by atoms with Gasteiger partial charge in [0.05, 0.1) is 31.6 Å². The van der Waals surface area contributed by atoms with Gasteiger partial charge in [-0.05, 0) is 36.5 Å². The highest BCUT2D eigenvalue weighted by atomic mass is 19.4. The van der Waals surface area contributed by atoms with E-state index in [2.05, 4.69) is 9.55 Å². The van der Waals surface area contributed by atoms with Crippen LogP contribution in [0.5, 0.6) is 0 Å². The number of alkyl halides is 3. The highest BCUT2D eigenvalue weighted by Gasteiger charge is 2.38. The summed E-state index contributed by atoms with van der Waals surface area (Å²) in [6.07, 6.45) is -0.387. The largest absolute Gasteiger partial charge is 0.490 e. The summed E-state index contributed by atoms with van der Waals surface area (Å²) < 4.78 is 52.8. The number of rotatable bonds is 6. The lowest BCUT2D eigenvalue weighted by Crippen LogP contribution is -2.41. The molecule has 1 N–H and O–H groups in total. The summed E-state index contributed by atoms with van der Waals surface area (Å²) in [5.74, 6) is -2.18. The number of carboxylic acids is 1. The Hall–Kier alpha value is -2.95. The summed E-state index contributed by atoms with van der Waals surface area (Å²) in [4.78, 5) is 28.1. The molecule has 1 amide bonds. The number of fused-ring (bicyclic) bond motifs is 1. The number of carbonyl (C=O) groups is 2. The quantitative estimate of drug-likeness (QED) is 0.653. The van der Waals surface area contributed by atoms with Crippen LogP contribution < -0.4 is 0 Å². The van der Waals surface area contributed by atoms with E-state index in [-0.39, 0.29) is 24.1 Å². The number of ether oxygens (including phenoxy) is 1. The molecule has 0 radical (unpaired) electrons. The molecule has 180 valence electrons. The Balaban J connectivity index is 0.000000383. The third-order valence-electron chi connectivity index (χ3n) is 5.49. The third kappa shape index (κ3) is 6.77. The van der Waals surface area contributed by atoms with Gasteiger partial charge in [0.1, 0.15) is 5.82 Å². The lowest BCUT2D eigenvalue weighted by Gasteiger charge is -2.33. The number of amides is 1. The fraction of sp³-hybridized carbons (Fsp3) is 0.500. The van der Waals surface area contributed by atoms with Crippen molar-refractivity contribution in [1.29, 1.82) is 0 Å². The zero-order valence-electron chi connectivity index (χ0n) is 18.0. The molecule has 1 aliphatic heterocycles. The molecule has 2 heterocycles. The van der Waals surface area contributed by atoms with E-state index in [0.29, 0.717) is 25.3 Å². The van der Waals surface area contributed by atoms with E-state index >= 15 is 0 Å². The Morgan fingerprint density at radius 3 is 2.55 bits per heavy atom. The monoisotopic (exact) mass is 471 g/mol. The van der Waals surface area contributed by atoms with Crippen molar-refractivity contribution in [1.82, 2.24) is 14.5 Å². The zero-order chi connectivity index (χ0) is 24.2. The fourth-order valence-corrected chi connectivity index (χ4v) is 3.80. The summed E-state index contributed by atoms with van der Waals surface area (Å²) in [6.45, 7) is 2.71. The van der Waals surface area contributed by atoms with E-state index in [9.17, 15) is 22.4 Å². The van der Waals surface area contributed by atoms with Crippen molar-refractivity contribution in [3.63, 3.8) is 0 Å². The second-order valence-corrected chi connectivity index (χ2v) is 8.21. The smallest absolute Gasteiger partial charge is 0.475 e. The third-order valence-corrected chi connectivity index (χ3v) is 5.49. The van der Waals surface area contributed by atoms with E-state index in [1.807, 2.05) is 11.2 Å². The number of carbonyl (C=O) groups excluding carboxylic acids is 1. The number of halogens is 4. The number of imidazole rings is 1. The van der Waals surface area contributed by atoms with E-state index < -0.39 is 12.1 Å². The van der Waals surface area contributed by atoms with Crippen molar-refractivity contribution in [2.75, 3.05) is 20.3 Å². The van der Waals surface area contributed by atoms with Crippen LogP contribution in [-0.4, -0.2) is 57.9 Å². The molecule has 11 heteroatoms. The Bertz CT molecular complexity index is 988. The van der Waals surface area contributed by atoms with E-state index in [0.717, 1.165) is 18.2 Å². The number of aromatic nitrogens is 2. The van der Waals surface area contributed by atoms with E-state index in [1.165, 1.54) is 30.7 Å². The average molecular weight is 471 g/mol. The molecule has 1 aromatic carbocycles. The molecule has 7 nitrogen and oxygen atoms in total. The van der Waals surface area contributed by atoms with E-state index in [4.69, 9.17) is 14.6 Å². The van der Waals surface area contributed by atoms with Gasteiger partial charge in [0.15, 0.2) is 0 Å². The molecule has 1 aromatic heterocycles. The Kier molecular flexibility index (Phi) is 7.72. The molecule has 2 aliphatic rings. The van der Waals surface area contributed by atoms with Crippen molar-refractivity contribution in [3.05, 3.63) is 53.4 Å². The predicted molar refractivity (Wildman–Crippen MR) is 109 cm³/mol. The molecule has 4 rings (SSSR count). The van der Waals surface area contributed by atoms with E-state index in [1.54, 1.807) is 19.2 Å². The summed E-state index contributed by atoms with van der Waals surface area (Å²) in [7, 11) is 1.69. The normalized spacial score (nSPS) is 17.7. The topological polar surface area (TPSA) is 84.7 Å². The molecule has 0 spiro atoms. The summed E-state index contributed by atoms with van der Waals surface area (Å²) in [6, 6.07) is 6.24. The minimum Gasteiger partial charge on any atom is -0.475 e. The SMILES string of the molecule is COCC1CN(C(=O)Cc2cccc(F)c2)Cc2ncn(CC3CC3)c21.O=C(O)C(F)(F)F. The van der Waals surface area contributed by atoms with Crippen LogP contribution in [0.15, 0.2) is 30.6 Å². The van der Waals surface area contributed by atoms with Gasteiger partial charge in [-0.1, -0.05) is 12.1 Å². The minimum absolute atomic E-state index is 0.000837. The highest BCUT2D eigenvalue weighted by Crippen LogP contribution is 2.34. The van der Waals surface area contributed by atoms with Gasteiger partial charge in [-0.3, -0.25) is 4.79 Å². The molecule has 1 atom stereocenters. The molecular formula is C22H25F4N3O4. The maximum atomic E-state index is 13.4. The first-order valence-corrected chi connectivity index (χ1v) is 10.4. The standard InChI is InChI=1S/C20H24FN3O2.C2HF3O2/c1-26-12-16-10-23(19(25)8-15-3-2-4-17(21)7-15)11-18-20(16)24(13-22-18)9-14-5-6-14;3-2(4,5)1(6)7/h2-4,7,13-14,16H,5-6,8-12H2,1H3;(H,6,7). The first kappa shape index (κ1) is 24.7. The van der Waals surface area contributed by atoms with Gasteiger partial charge < -0.3 is 19.3 Å². The van der Waals surface area contributed by atoms with Crippen LogP contribution in [-0.2, 0) is 33.8 Å². The minimum atomic E-state index is -5.08. The highest BCUT2D eigenvalue weighted by molar-refractivity contribution is 5.79. The summed E-state index contributed by atoms with van der Waals surface area (Å²) >= 11 is 0. The maximum Gasteiger partial charge on any atom is 0.490 e. The number of carboxylic acid groups (broad SMARTS) is 1. The molecule has 33 heavy (non-hydrogen) atoms. The van der Waals surface area contributed by atoms with Crippen LogP contribution in [0.4, 0.5) is 17.6 Å². The van der Waals surface area contributed by atoms with Gasteiger partial charge in [0.2, 0.25) is 5.91 Å². The van der Waals surface area contributed by atoms with Crippen LogP contribution >= 0.6 is 0 Å². The lowest BCUT2D eigenvalue weighted by molar-refractivity contribution is -0.192. The average Bonchev–Trinajstić information content (AvgIpc) is 3.46. The maximum absolute atomic E-state index is 13.4. The fourth-order valence-electron chi connectivity index (χ4n) is 3.80. The Labute approximate surface area is 188 Å². The van der Waals surface area contributed by atoms with Crippen LogP contribution in [0, 0.1) is 11.7 Å². The van der Waals surface area contributed by atoms with Crippen LogP contribution in [0.3, 0.4) is 0 Å². The summed E-state index contributed by atoms with van der Waals surface area (Å²) in [5.41, 5.74) is 2.88. The molecule has 2 aromatic rings. The molecule has 1 fully saturated rings. The number of methoxy groups -OCH3 is 1. The zero-order valence-corrected chi connectivity index (χ0v) is 18.0. The molecule has 1 aliphatic carbocycles. The Morgan fingerprint density at radius 2 is 1.97 bits per heavy atom. The molecular weight excluding hydrogens is 446 g/mol. The number of nitrogens with zero attached hydrogens (tertiary/aromatic N) is 3. The Morgan fingerprint density at radius 1 is 1.27 bits per heavy atom. The van der Waals surface area contributed by atoms with Crippen LogP contribution in [0.1, 0.15) is 35.7 Å². The first-order valence-electron chi connectivity index (χ1n) is 10.4. The van der Waals surface area contributed by atoms with Crippen LogP contribution in [0.25, 0.3) is 0 Å². The van der Waals surface area contributed by atoms with Crippen molar-refractivity contribution >= 4 is 11.9 Å². The van der Waals surface area contributed by atoms with Gasteiger partial charge >= 0.3 is 12.1 Å². The second kappa shape index (κ2) is 10.3. The molecule has 1 unspecified atom stereocenters.